The predicted molar refractivity (Wildman–Crippen MR) is 102 cm³/mol. The molecule has 0 saturated carbocycles. The van der Waals surface area contributed by atoms with E-state index in [0.29, 0.717) is 6.54 Å². The van der Waals surface area contributed by atoms with Gasteiger partial charge in [-0.05, 0) is 49.6 Å². The SMILES string of the molecule is CNc1ccc(F)c(Cl)c1.Cc1cncc(C)c1NCCCNC=O. The summed E-state index contributed by atoms with van der Waals surface area (Å²) in [6.45, 7) is 5.63. The molecule has 0 bridgehead atoms. The van der Waals surface area contributed by atoms with E-state index in [0.717, 1.165) is 41.9 Å². The molecule has 0 aliphatic rings. The summed E-state index contributed by atoms with van der Waals surface area (Å²) in [6, 6.07) is 4.49. The quantitative estimate of drug-likeness (QED) is 0.515. The van der Waals surface area contributed by atoms with Crippen molar-refractivity contribution in [2.75, 3.05) is 30.8 Å². The van der Waals surface area contributed by atoms with Crippen LogP contribution < -0.4 is 16.0 Å². The van der Waals surface area contributed by atoms with Gasteiger partial charge in [0.25, 0.3) is 0 Å². The molecule has 25 heavy (non-hydrogen) atoms. The van der Waals surface area contributed by atoms with Crippen LogP contribution in [0, 0.1) is 19.7 Å². The zero-order chi connectivity index (χ0) is 18.7. The monoisotopic (exact) mass is 366 g/mol. The van der Waals surface area contributed by atoms with Crippen molar-refractivity contribution in [1.29, 1.82) is 0 Å². The number of pyridine rings is 1. The van der Waals surface area contributed by atoms with E-state index in [1.165, 1.54) is 12.1 Å². The van der Waals surface area contributed by atoms with E-state index < -0.39 is 0 Å². The van der Waals surface area contributed by atoms with Gasteiger partial charge in [0.1, 0.15) is 5.82 Å². The molecule has 0 saturated heterocycles. The summed E-state index contributed by atoms with van der Waals surface area (Å²) in [5.74, 6) is -0.388. The Bertz CT molecular complexity index is 662. The summed E-state index contributed by atoms with van der Waals surface area (Å²) < 4.78 is 12.5. The van der Waals surface area contributed by atoms with Gasteiger partial charge in [0.15, 0.2) is 0 Å². The second-order valence-corrected chi connectivity index (χ2v) is 5.79. The van der Waals surface area contributed by atoms with Crippen molar-refractivity contribution in [3.63, 3.8) is 0 Å². The number of carbonyl (C=O) groups excluding carboxylic acids is 1. The molecule has 2 aromatic rings. The van der Waals surface area contributed by atoms with E-state index >= 15 is 0 Å². The van der Waals surface area contributed by atoms with Gasteiger partial charge in [-0.3, -0.25) is 9.78 Å². The maximum Gasteiger partial charge on any atom is 0.207 e. The van der Waals surface area contributed by atoms with E-state index in [-0.39, 0.29) is 10.8 Å². The molecule has 0 aliphatic carbocycles. The molecule has 0 aliphatic heterocycles. The number of nitrogens with one attached hydrogen (secondary N) is 3. The summed E-state index contributed by atoms with van der Waals surface area (Å²) in [5, 5.41) is 8.96. The number of aryl methyl sites for hydroxylation is 2. The number of benzene rings is 1. The van der Waals surface area contributed by atoms with E-state index in [1.807, 2.05) is 26.2 Å². The van der Waals surface area contributed by atoms with Crippen molar-refractivity contribution in [2.24, 2.45) is 0 Å². The van der Waals surface area contributed by atoms with Crippen LogP contribution in [0.3, 0.4) is 0 Å². The van der Waals surface area contributed by atoms with Gasteiger partial charge in [-0.2, -0.15) is 0 Å². The van der Waals surface area contributed by atoms with Crippen LogP contribution in [0.15, 0.2) is 30.6 Å². The summed E-state index contributed by atoms with van der Waals surface area (Å²) in [4.78, 5) is 14.1. The first-order chi connectivity index (χ1) is 12.0. The second-order valence-electron chi connectivity index (χ2n) is 5.38. The van der Waals surface area contributed by atoms with Crippen LogP contribution in [0.5, 0.6) is 0 Å². The lowest BCUT2D eigenvalue weighted by molar-refractivity contribution is -0.109. The highest BCUT2D eigenvalue weighted by atomic mass is 35.5. The Morgan fingerprint density at radius 2 is 1.88 bits per heavy atom. The van der Waals surface area contributed by atoms with Crippen molar-refractivity contribution >= 4 is 29.4 Å². The van der Waals surface area contributed by atoms with Gasteiger partial charge in [0, 0.05) is 43.9 Å². The summed E-state index contributed by atoms with van der Waals surface area (Å²) in [7, 11) is 1.75. The maximum absolute atomic E-state index is 12.5. The molecule has 0 spiro atoms. The van der Waals surface area contributed by atoms with Gasteiger partial charge < -0.3 is 16.0 Å². The molecular weight excluding hydrogens is 343 g/mol. The Labute approximate surface area is 153 Å². The number of hydrogen-bond acceptors (Lipinski definition) is 4. The summed E-state index contributed by atoms with van der Waals surface area (Å²) in [5.41, 5.74) is 4.26. The van der Waals surface area contributed by atoms with Gasteiger partial charge >= 0.3 is 0 Å². The van der Waals surface area contributed by atoms with Gasteiger partial charge in [-0.1, -0.05) is 11.6 Å². The highest BCUT2D eigenvalue weighted by molar-refractivity contribution is 6.31. The Kier molecular flexibility index (Phi) is 9.32. The van der Waals surface area contributed by atoms with Gasteiger partial charge in [-0.25, -0.2) is 4.39 Å². The molecule has 5 nitrogen and oxygen atoms in total. The van der Waals surface area contributed by atoms with Crippen LogP contribution >= 0.6 is 11.6 Å². The molecule has 0 fully saturated rings. The standard InChI is InChI=1S/C11H17N3O.C7H7ClFN/c1-9-6-13-7-10(2)11(9)14-5-3-4-12-8-15;1-10-5-2-3-7(9)6(8)4-5/h6-8H,3-5H2,1-2H3,(H,12,15)(H,13,14);2-4,10H,1H3. The molecule has 1 aromatic heterocycles. The third-order valence-corrected chi connectivity index (χ3v) is 3.71. The third-order valence-electron chi connectivity index (χ3n) is 3.42. The zero-order valence-corrected chi connectivity index (χ0v) is 15.5. The van der Waals surface area contributed by atoms with Gasteiger partial charge in [-0.15, -0.1) is 0 Å². The first-order valence-electron chi connectivity index (χ1n) is 7.94. The van der Waals surface area contributed by atoms with E-state index in [9.17, 15) is 9.18 Å². The van der Waals surface area contributed by atoms with Crippen LogP contribution in [0.4, 0.5) is 15.8 Å². The fourth-order valence-corrected chi connectivity index (χ4v) is 2.27. The van der Waals surface area contributed by atoms with Crippen molar-refractivity contribution in [2.45, 2.75) is 20.3 Å². The average molecular weight is 367 g/mol. The molecule has 1 amide bonds. The Hall–Kier alpha value is -2.34. The Morgan fingerprint density at radius 3 is 2.44 bits per heavy atom. The lowest BCUT2D eigenvalue weighted by Crippen LogP contribution is -2.16. The lowest BCUT2D eigenvalue weighted by Gasteiger charge is -2.11. The van der Waals surface area contributed by atoms with Crippen molar-refractivity contribution in [3.05, 3.63) is 52.6 Å². The molecule has 3 N–H and O–H groups in total. The number of anilines is 2. The molecule has 1 aromatic carbocycles. The van der Waals surface area contributed by atoms with Crippen LogP contribution in [0.2, 0.25) is 5.02 Å². The summed E-state index contributed by atoms with van der Waals surface area (Å²) in [6.07, 6.45) is 5.33. The molecule has 2 rings (SSSR count). The molecule has 1 heterocycles. The topological polar surface area (TPSA) is 66.1 Å². The number of halogens is 2. The second kappa shape index (κ2) is 11.3. The number of rotatable bonds is 7. The Balaban J connectivity index is 0.000000271. The van der Waals surface area contributed by atoms with Crippen LogP contribution in [-0.2, 0) is 4.79 Å². The Morgan fingerprint density at radius 1 is 1.20 bits per heavy atom. The van der Waals surface area contributed by atoms with Crippen LogP contribution in [0.25, 0.3) is 0 Å². The van der Waals surface area contributed by atoms with E-state index in [2.05, 4.69) is 20.9 Å². The normalized spacial score (nSPS) is 9.64. The molecule has 136 valence electrons. The molecule has 0 radical (unpaired) electrons. The van der Waals surface area contributed by atoms with Gasteiger partial charge in [0.2, 0.25) is 6.41 Å². The first-order valence-corrected chi connectivity index (χ1v) is 8.32. The molecule has 0 unspecified atom stereocenters. The predicted octanol–water partition coefficient (Wildman–Crippen LogP) is 3.77. The third kappa shape index (κ3) is 7.39. The minimum absolute atomic E-state index is 0.145. The fourth-order valence-electron chi connectivity index (χ4n) is 2.09. The van der Waals surface area contributed by atoms with Crippen molar-refractivity contribution in [3.8, 4) is 0 Å². The molecule has 7 heteroatoms. The highest BCUT2D eigenvalue weighted by Crippen LogP contribution is 2.18. The number of amides is 1. The maximum atomic E-state index is 12.5. The highest BCUT2D eigenvalue weighted by Gasteiger charge is 2.00. The number of hydrogen-bond donors (Lipinski definition) is 3. The number of nitrogens with zero attached hydrogens (tertiary/aromatic N) is 1. The summed E-state index contributed by atoms with van der Waals surface area (Å²) >= 11 is 5.48. The van der Waals surface area contributed by atoms with Crippen LogP contribution in [0.1, 0.15) is 17.5 Å². The lowest BCUT2D eigenvalue weighted by atomic mass is 10.2. The largest absolute Gasteiger partial charge is 0.388 e. The van der Waals surface area contributed by atoms with Crippen molar-refractivity contribution in [1.82, 2.24) is 10.3 Å². The van der Waals surface area contributed by atoms with Crippen molar-refractivity contribution < 1.29 is 9.18 Å². The van der Waals surface area contributed by atoms with E-state index in [1.54, 1.807) is 13.1 Å². The number of aromatic nitrogens is 1. The molecule has 0 atom stereocenters. The van der Waals surface area contributed by atoms with Gasteiger partial charge in [0.05, 0.1) is 5.02 Å². The minimum Gasteiger partial charge on any atom is -0.388 e. The number of carbonyl (C=O) groups is 1. The van der Waals surface area contributed by atoms with Crippen LogP contribution in [-0.4, -0.2) is 31.5 Å². The fraction of sp³-hybridized carbons (Fsp3) is 0.333. The minimum atomic E-state index is -0.388. The average Bonchev–Trinajstić information content (AvgIpc) is 2.60. The zero-order valence-electron chi connectivity index (χ0n) is 14.7. The first kappa shape index (κ1) is 20.7. The smallest absolute Gasteiger partial charge is 0.207 e. The molecular formula is C18H24ClFN4O. The van der Waals surface area contributed by atoms with E-state index in [4.69, 9.17) is 11.6 Å².